The van der Waals surface area contributed by atoms with Crippen LogP contribution in [0.1, 0.15) is 162 Å². The summed E-state index contributed by atoms with van der Waals surface area (Å²) in [6.07, 6.45) is 26.5. The van der Waals surface area contributed by atoms with E-state index in [0.29, 0.717) is 38.8 Å². The van der Waals surface area contributed by atoms with Crippen LogP contribution < -0.4 is 16.8 Å². The minimum Gasteiger partial charge on any atom is -0.370 e. The third-order valence-corrected chi connectivity index (χ3v) is 7.24. The maximum absolute atomic E-state index is 12.7. The van der Waals surface area contributed by atoms with Gasteiger partial charge in [-0.1, -0.05) is 123 Å². The van der Waals surface area contributed by atoms with Crippen molar-refractivity contribution in [2.45, 2.75) is 162 Å². The number of rotatable bonds is 28. The first kappa shape index (κ1) is 38.8. The summed E-state index contributed by atoms with van der Waals surface area (Å²) in [4.78, 5) is 29.3. The van der Waals surface area contributed by atoms with E-state index in [-0.39, 0.29) is 36.0 Å². The normalized spacial score (nSPS) is 11.5. The minimum absolute atomic E-state index is 0. The van der Waals surface area contributed by atoms with Crippen molar-refractivity contribution in [3.05, 3.63) is 0 Å². The van der Waals surface area contributed by atoms with Crippen molar-refractivity contribution in [3.63, 3.8) is 0 Å². The van der Waals surface area contributed by atoms with Crippen LogP contribution in [0.3, 0.4) is 0 Å². The first-order chi connectivity index (χ1) is 18.0. The molecule has 0 aliphatic carbocycles. The van der Waals surface area contributed by atoms with Crippen LogP contribution in [0.5, 0.6) is 0 Å². The molecule has 0 spiro atoms. The van der Waals surface area contributed by atoms with E-state index in [2.05, 4.69) is 24.2 Å². The lowest BCUT2D eigenvalue weighted by molar-refractivity contribution is -0.129. The summed E-state index contributed by atoms with van der Waals surface area (Å²) in [6, 6.07) is 0. The van der Waals surface area contributed by atoms with Gasteiger partial charge in [-0.25, -0.2) is 0 Å². The fourth-order valence-corrected chi connectivity index (χ4v) is 4.85. The lowest BCUT2D eigenvalue weighted by Crippen LogP contribution is -2.33. The molecule has 1 atom stereocenters. The second-order valence-corrected chi connectivity index (χ2v) is 10.9. The number of carbonyl (C=O) groups excluding carboxylic acids is 2. The zero-order valence-corrected chi connectivity index (χ0v) is 25.9. The van der Waals surface area contributed by atoms with E-state index in [4.69, 9.17) is 11.5 Å². The number of nitrogens with one attached hydrogen (secondary N) is 1. The van der Waals surface area contributed by atoms with E-state index < -0.39 is 0 Å². The van der Waals surface area contributed by atoms with E-state index in [0.717, 1.165) is 25.7 Å². The number of Topliss-reactive ketones (excluding diaryl/α,β-unsaturated/α-hetero) is 1. The first-order valence-electron chi connectivity index (χ1n) is 15.9. The van der Waals surface area contributed by atoms with Crippen LogP contribution in [-0.4, -0.2) is 30.7 Å². The molecule has 0 heterocycles. The van der Waals surface area contributed by atoms with Crippen molar-refractivity contribution < 1.29 is 9.59 Å². The van der Waals surface area contributed by atoms with Crippen LogP contribution in [0.4, 0.5) is 0 Å². The Hall–Kier alpha value is -1.30. The standard InChI is InChI=1S/C31H62N4O2.ClH/c1-3-5-7-9-10-11-12-13-14-15-16-17-18-19-20-24-29(36)27-28(23-22-26-35-31(32)33)30(37)34-25-21-8-6-4-2;/h28H,3-27H2,1-2H3,(H,34,37)(H4,32,33,35);1H/t28-;/m1./s1. The van der Waals surface area contributed by atoms with Gasteiger partial charge < -0.3 is 16.8 Å². The van der Waals surface area contributed by atoms with Gasteiger partial charge in [-0.3, -0.25) is 14.6 Å². The first-order valence-corrected chi connectivity index (χ1v) is 15.9. The van der Waals surface area contributed by atoms with Crippen molar-refractivity contribution in [2.24, 2.45) is 22.4 Å². The highest BCUT2D eigenvalue weighted by atomic mass is 35.5. The van der Waals surface area contributed by atoms with Crippen LogP contribution in [0.25, 0.3) is 0 Å². The number of nitrogens with zero attached hydrogens (tertiary/aromatic N) is 1. The molecule has 38 heavy (non-hydrogen) atoms. The van der Waals surface area contributed by atoms with Gasteiger partial charge in [0.1, 0.15) is 5.78 Å². The summed E-state index contributed by atoms with van der Waals surface area (Å²) < 4.78 is 0. The number of ketones is 1. The molecule has 0 aliphatic heterocycles. The highest BCUT2D eigenvalue weighted by molar-refractivity contribution is 5.86. The second kappa shape index (κ2) is 30.2. The zero-order valence-electron chi connectivity index (χ0n) is 25.1. The monoisotopic (exact) mass is 558 g/mol. The molecule has 6 nitrogen and oxygen atoms in total. The Morgan fingerprint density at radius 2 is 1.11 bits per heavy atom. The molecule has 0 aliphatic rings. The van der Waals surface area contributed by atoms with E-state index in [9.17, 15) is 9.59 Å². The van der Waals surface area contributed by atoms with Gasteiger partial charge in [0.25, 0.3) is 0 Å². The van der Waals surface area contributed by atoms with E-state index in [1.165, 1.54) is 96.3 Å². The number of hydrogen-bond acceptors (Lipinski definition) is 3. The van der Waals surface area contributed by atoms with Crippen LogP contribution in [-0.2, 0) is 9.59 Å². The summed E-state index contributed by atoms with van der Waals surface area (Å²) in [5, 5.41) is 3.04. The highest BCUT2D eigenvalue weighted by Gasteiger charge is 2.21. The molecule has 7 heteroatoms. The summed E-state index contributed by atoms with van der Waals surface area (Å²) in [6.45, 7) is 5.64. The van der Waals surface area contributed by atoms with Crippen molar-refractivity contribution in [3.8, 4) is 0 Å². The third kappa shape index (κ3) is 27.7. The maximum atomic E-state index is 12.7. The largest absolute Gasteiger partial charge is 0.370 e. The van der Waals surface area contributed by atoms with Crippen molar-refractivity contribution >= 4 is 30.1 Å². The topological polar surface area (TPSA) is 111 Å². The van der Waals surface area contributed by atoms with Gasteiger partial charge in [0.15, 0.2) is 5.96 Å². The predicted octanol–water partition coefficient (Wildman–Crippen LogP) is 8.00. The van der Waals surface area contributed by atoms with Gasteiger partial charge in [-0.05, 0) is 25.7 Å². The van der Waals surface area contributed by atoms with Crippen molar-refractivity contribution in [2.75, 3.05) is 13.1 Å². The number of guanidine groups is 1. The predicted molar refractivity (Wildman–Crippen MR) is 167 cm³/mol. The molecular weight excluding hydrogens is 496 g/mol. The number of hydrogen-bond donors (Lipinski definition) is 3. The quantitative estimate of drug-likeness (QED) is 0.0513. The molecule has 5 N–H and O–H groups in total. The summed E-state index contributed by atoms with van der Waals surface area (Å²) in [7, 11) is 0. The Labute approximate surface area is 241 Å². The fraction of sp³-hybridized carbons (Fsp3) is 0.903. The molecule has 0 unspecified atom stereocenters. The number of carbonyl (C=O) groups is 2. The van der Waals surface area contributed by atoms with Gasteiger partial charge in [0.05, 0.1) is 0 Å². The average molecular weight is 559 g/mol. The van der Waals surface area contributed by atoms with Crippen LogP contribution in [0.2, 0.25) is 0 Å². The molecule has 0 radical (unpaired) electrons. The number of unbranched alkanes of at least 4 members (excludes halogenated alkanes) is 17. The lowest BCUT2D eigenvalue weighted by atomic mass is 9.93. The van der Waals surface area contributed by atoms with Crippen molar-refractivity contribution in [1.29, 1.82) is 0 Å². The minimum atomic E-state index is -0.274. The molecule has 0 rings (SSSR count). The van der Waals surface area contributed by atoms with Crippen LogP contribution in [0, 0.1) is 5.92 Å². The molecule has 0 aromatic rings. The number of aliphatic imine (C=N–C) groups is 1. The smallest absolute Gasteiger partial charge is 0.223 e. The van der Waals surface area contributed by atoms with Gasteiger partial charge in [-0.15, -0.1) is 12.4 Å². The van der Waals surface area contributed by atoms with Gasteiger partial charge in [0.2, 0.25) is 5.91 Å². The zero-order chi connectivity index (χ0) is 27.4. The molecular formula is C31H63ClN4O2. The summed E-state index contributed by atoms with van der Waals surface area (Å²) in [5.41, 5.74) is 10.8. The highest BCUT2D eigenvalue weighted by Crippen LogP contribution is 2.17. The van der Waals surface area contributed by atoms with E-state index in [1.807, 2.05) is 0 Å². The number of halogens is 1. The average Bonchev–Trinajstić information content (AvgIpc) is 2.87. The van der Waals surface area contributed by atoms with Crippen LogP contribution in [0.15, 0.2) is 4.99 Å². The summed E-state index contributed by atoms with van der Waals surface area (Å²) in [5.74, 6) is 0.0130. The van der Waals surface area contributed by atoms with Crippen molar-refractivity contribution in [1.82, 2.24) is 5.32 Å². The molecule has 0 saturated carbocycles. The molecule has 0 fully saturated rings. The number of amides is 1. The SMILES string of the molecule is CCCCCCCCCCCCCCCCCC(=O)C[C@@H](CCCN=C(N)N)C(=O)NCCCCCC.Cl. The van der Waals surface area contributed by atoms with E-state index in [1.54, 1.807) is 0 Å². The third-order valence-electron chi connectivity index (χ3n) is 7.24. The van der Waals surface area contributed by atoms with E-state index >= 15 is 0 Å². The molecule has 226 valence electrons. The van der Waals surface area contributed by atoms with Gasteiger partial charge in [-0.2, -0.15) is 0 Å². The molecule has 0 saturated heterocycles. The Bertz CT molecular complexity index is 568. The maximum Gasteiger partial charge on any atom is 0.223 e. The Kier molecular flexibility index (Phi) is 30.9. The molecule has 0 aromatic carbocycles. The molecule has 0 bridgehead atoms. The fourth-order valence-electron chi connectivity index (χ4n) is 4.85. The van der Waals surface area contributed by atoms with Gasteiger partial charge in [0, 0.05) is 31.8 Å². The number of nitrogens with two attached hydrogens (primary N) is 2. The summed E-state index contributed by atoms with van der Waals surface area (Å²) >= 11 is 0. The molecule has 0 aromatic heterocycles. The Balaban J connectivity index is 0. The van der Waals surface area contributed by atoms with Gasteiger partial charge >= 0.3 is 0 Å². The van der Waals surface area contributed by atoms with Crippen LogP contribution >= 0.6 is 12.4 Å². The Morgan fingerprint density at radius 3 is 1.58 bits per heavy atom. The second-order valence-electron chi connectivity index (χ2n) is 10.9. The Morgan fingerprint density at radius 1 is 0.658 bits per heavy atom. The molecule has 1 amide bonds. The lowest BCUT2D eigenvalue weighted by Gasteiger charge is -2.16.